The molecule has 8 heteroatoms. The molecule has 0 N–H and O–H groups in total. The van der Waals surface area contributed by atoms with Gasteiger partial charge in [0, 0.05) is 7.05 Å². The Labute approximate surface area is 137 Å². The van der Waals surface area contributed by atoms with Gasteiger partial charge in [-0.25, -0.2) is 22.7 Å². The van der Waals surface area contributed by atoms with Gasteiger partial charge in [-0.1, -0.05) is 23.7 Å². The van der Waals surface area contributed by atoms with Gasteiger partial charge in [-0.3, -0.25) is 4.79 Å². The monoisotopic (exact) mass is 349 g/mol. The van der Waals surface area contributed by atoms with Crippen LogP contribution in [0.4, 0.5) is 0 Å². The number of carbonyl (C=O) groups excluding carboxylic acids is 1. The lowest BCUT2D eigenvalue weighted by atomic mass is 10.1. The second-order valence-electron chi connectivity index (χ2n) is 5.04. The van der Waals surface area contributed by atoms with Gasteiger partial charge in [0.1, 0.15) is 11.0 Å². The molecule has 1 heterocycles. The third kappa shape index (κ3) is 2.73. The molecule has 0 bridgehead atoms. The van der Waals surface area contributed by atoms with Crippen LogP contribution in [-0.4, -0.2) is 41.9 Å². The van der Waals surface area contributed by atoms with Crippen molar-refractivity contribution in [3.63, 3.8) is 0 Å². The lowest BCUT2D eigenvalue weighted by Crippen LogP contribution is -2.32. The van der Waals surface area contributed by atoms with E-state index in [0.29, 0.717) is 31.4 Å². The molecule has 0 aliphatic rings. The van der Waals surface area contributed by atoms with Gasteiger partial charge in [0.2, 0.25) is 10.0 Å². The fourth-order valence-corrected chi connectivity index (χ4v) is 2.79. The number of benzene rings is 2. The van der Waals surface area contributed by atoms with Crippen LogP contribution in [0.25, 0.3) is 22.1 Å². The molecule has 0 saturated carbocycles. The summed E-state index contributed by atoms with van der Waals surface area (Å²) < 4.78 is 23.9. The van der Waals surface area contributed by atoms with Crippen LogP contribution in [0.2, 0.25) is 5.02 Å². The highest BCUT2D eigenvalue weighted by molar-refractivity contribution is 7.88. The van der Waals surface area contributed by atoms with Gasteiger partial charge in [0.05, 0.1) is 27.9 Å². The molecule has 23 heavy (non-hydrogen) atoms. The van der Waals surface area contributed by atoms with Crippen molar-refractivity contribution in [3.05, 3.63) is 47.0 Å². The summed E-state index contributed by atoms with van der Waals surface area (Å²) in [5.74, 6) is -0.668. The fourth-order valence-electron chi connectivity index (χ4n) is 2.18. The smallest absolute Gasteiger partial charge is 0.268 e. The number of amides is 1. The van der Waals surface area contributed by atoms with Crippen molar-refractivity contribution in [2.24, 2.45) is 0 Å². The molecule has 0 aliphatic heterocycles. The lowest BCUT2D eigenvalue weighted by molar-refractivity contribution is 0.0885. The Morgan fingerprint density at radius 3 is 2.30 bits per heavy atom. The van der Waals surface area contributed by atoms with Crippen LogP contribution in [0.3, 0.4) is 0 Å². The van der Waals surface area contributed by atoms with Gasteiger partial charge < -0.3 is 0 Å². The van der Waals surface area contributed by atoms with Gasteiger partial charge in [-0.05, 0) is 24.3 Å². The van der Waals surface area contributed by atoms with Crippen LogP contribution >= 0.6 is 11.6 Å². The largest absolute Gasteiger partial charge is 0.269 e. The first-order chi connectivity index (χ1) is 10.8. The molecule has 1 aromatic heterocycles. The summed E-state index contributed by atoms with van der Waals surface area (Å²) in [5, 5.41) is 0.413. The molecule has 0 saturated heterocycles. The van der Waals surface area contributed by atoms with Gasteiger partial charge in [0.25, 0.3) is 5.91 Å². The summed E-state index contributed by atoms with van der Waals surface area (Å²) in [6.07, 6.45) is 0.966. The van der Waals surface area contributed by atoms with E-state index in [1.165, 1.54) is 13.1 Å². The van der Waals surface area contributed by atoms with Crippen molar-refractivity contribution < 1.29 is 13.2 Å². The van der Waals surface area contributed by atoms with E-state index in [2.05, 4.69) is 9.97 Å². The van der Waals surface area contributed by atoms with E-state index in [1.807, 2.05) is 0 Å². The van der Waals surface area contributed by atoms with Crippen LogP contribution in [0.15, 0.2) is 36.4 Å². The predicted molar refractivity (Wildman–Crippen MR) is 89.0 cm³/mol. The Morgan fingerprint density at radius 1 is 1.04 bits per heavy atom. The van der Waals surface area contributed by atoms with E-state index in [9.17, 15) is 13.2 Å². The molecule has 0 aliphatic carbocycles. The first-order valence-corrected chi connectivity index (χ1v) is 8.85. The number of aromatic nitrogens is 2. The second-order valence-corrected chi connectivity index (χ2v) is 7.46. The minimum Gasteiger partial charge on any atom is -0.268 e. The molecule has 0 unspecified atom stereocenters. The number of carbonyl (C=O) groups is 1. The zero-order valence-corrected chi connectivity index (χ0v) is 13.9. The minimum atomic E-state index is -3.66. The highest BCUT2D eigenvalue weighted by Crippen LogP contribution is 2.25. The Kier molecular flexibility index (Phi) is 3.69. The van der Waals surface area contributed by atoms with Crippen molar-refractivity contribution >= 4 is 49.6 Å². The molecule has 0 fully saturated rings. The third-order valence-corrected chi connectivity index (χ3v) is 4.92. The topological polar surface area (TPSA) is 80.2 Å². The summed E-state index contributed by atoms with van der Waals surface area (Å²) in [6.45, 7) is 0. The Bertz CT molecular complexity index is 1050. The molecular weight excluding hydrogens is 338 g/mol. The third-order valence-electron chi connectivity index (χ3n) is 3.46. The van der Waals surface area contributed by atoms with Gasteiger partial charge in [0.15, 0.2) is 0 Å². The summed E-state index contributed by atoms with van der Waals surface area (Å²) in [6, 6.07) is 10.1. The Morgan fingerprint density at radius 2 is 1.65 bits per heavy atom. The van der Waals surface area contributed by atoms with Gasteiger partial charge in [-0.2, -0.15) is 0 Å². The number of halogens is 1. The number of hydrogen-bond acceptors (Lipinski definition) is 5. The standard InChI is InChI=1S/C15H12ClN3O3S/c1-19(23(2,21)22)15(20)9-5-3-7-11-13(9)18-14-10(16)6-4-8-12(14)17-11/h3-8H,1-2H3. The zero-order valence-electron chi connectivity index (χ0n) is 12.3. The average molecular weight is 350 g/mol. The molecule has 6 nitrogen and oxygen atoms in total. The van der Waals surface area contributed by atoms with Crippen LogP contribution in [0.1, 0.15) is 10.4 Å². The number of fused-ring (bicyclic) bond motifs is 2. The van der Waals surface area contributed by atoms with Crippen molar-refractivity contribution in [1.82, 2.24) is 14.3 Å². The minimum absolute atomic E-state index is 0.157. The molecule has 1 amide bonds. The maximum absolute atomic E-state index is 12.5. The average Bonchev–Trinajstić information content (AvgIpc) is 2.51. The van der Waals surface area contributed by atoms with E-state index in [0.717, 1.165) is 6.26 Å². The first kappa shape index (κ1) is 15.6. The van der Waals surface area contributed by atoms with Crippen LogP contribution in [0.5, 0.6) is 0 Å². The van der Waals surface area contributed by atoms with E-state index in [-0.39, 0.29) is 5.56 Å². The molecule has 3 rings (SSSR count). The zero-order chi connectivity index (χ0) is 16.8. The summed E-state index contributed by atoms with van der Waals surface area (Å²) >= 11 is 6.13. The highest BCUT2D eigenvalue weighted by atomic mass is 35.5. The molecule has 0 atom stereocenters. The molecular formula is C15H12ClN3O3S. The summed E-state index contributed by atoms with van der Waals surface area (Å²) in [5.41, 5.74) is 2.03. The molecule has 3 aromatic rings. The predicted octanol–water partition coefficient (Wildman–Crippen LogP) is 2.47. The van der Waals surface area contributed by atoms with Crippen molar-refractivity contribution in [2.45, 2.75) is 0 Å². The van der Waals surface area contributed by atoms with Crippen molar-refractivity contribution in [3.8, 4) is 0 Å². The maximum atomic E-state index is 12.5. The molecule has 2 aromatic carbocycles. The SMILES string of the molecule is CN(C(=O)c1cccc2nc3cccc(Cl)c3nc12)S(C)(=O)=O. The van der Waals surface area contributed by atoms with Crippen LogP contribution < -0.4 is 0 Å². The maximum Gasteiger partial charge on any atom is 0.269 e. The summed E-state index contributed by atoms with van der Waals surface area (Å²) in [4.78, 5) is 21.3. The van der Waals surface area contributed by atoms with Crippen molar-refractivity contribution in [1.29, 1.82) is 0 Å². The fraction of sp³-hybridized carbons (Fsp3) is 0.133. The number of nitrogens with zero attached hydrogens (tertiary/aromatic N) is 3. The second kappa shape index (κ2) is 5.43. The Balaban J connectivity index is 2.30. The van der Waals surface area contributed by atoms with E-state index in [1.54, 1.807) is 30.3 Å². The van der Waals surface area contributed by atoms with E-state index < -0.39 is 15.9 Å². The normalized spacial score (nSPS) is 11.8. The number of para-hydroxylation sites is 2. The van der Waals surface area contributed by atoms with Crippen LogP contribution in [-0.2, 0) is 10.0 Å². The summed E-state index contributed by atoms with van der Waals surface area (Å²) in [7, 11) is -2.45. The molecule has 118 valence electrons. The Hall–Kier alpha value is -2.25. The van der Waals surface area contributed by atoms with Crippen molar-refractivity contribution in [2.75, 3.05) is 13.3 Å². The lowest BCUT2D eigenvalue weighted by Gasteiger charge is -2.15. The van der Waals surface area contributed by atoms with Crippen LogP contribution in [0, 0.1) is 0 Å². The molecule has 0 radical (unpaired) electrons. The number of rotatable bonds is 2. The number of hydrogen-bond donors (Lipinski definition) is 0. The van der Waals surface area contributed by atoms with E-state index in [4.69, 9.17) is 11.6 Å². The van der Waals surface area contributed by atoms with Gasteiger partial charge >= 0.3 is 0 Å². The quantitative estimate of drug-likeness (QED) is 0.664. The van der Waals surface area contributed by atoms with E-state index >= 15 is 0 Å². The van der Waals surface area contributed by atoms with Gasteiger partial charge in [-0.15, -0.1) is 0 Å². The highest BCUT2D eigenvalue weighted by Gasteiger charge is 2.23. The number of sulfonamides is 1. The first-order valence-electron chi connectivity index (χ1n) is 6.62. The molecule has 0 spiro atoms.